The second-order valence-corrected chi connectivity index (χ2v) is 5.33. The molecule has 1 aromatic carbocycles. The number of nitrogens with one attached hydrogen (secondary N) is 2. The molecule has 0 bridgehead atoms. The van der Waals surface area contributed by atoms with Crippen LogP contribution in [0.1, 0.15) is 31.7 Å². The number of imide groups is 1. The molecule has 1 aliphatic rings. The molecular weight excluding hydrogens is 284 g/mol. The average Bonchev–Trinajstić information content (AvgIpc) is 3.33. The molecule has 0 saturated heterocycles. The third-order valence-corrected chi connectivity index (χ3v) is 3.59. The van der Waals surface area contributed by atoms with Crippen LogP contribution in [0.5, 0.6) is 0 Å². The Balaban J connectivity index is 1.81. The van der Waals surface area contributed by atoms with Crippen LogP contribution in [0.2, 0.25) is 0 Å². The van der Waals surface area contributed by atoms with Crippen molar-refractivity contribution in [2.45, 2.75) is 31.6 Å². The topological polar surface area (TPSA) is 84.5 Å². The van der Waals surface area contributed by atoms with Crippen molar-refractivity contribution in [3.63, 3.8) is 0 Å². The molecule has 0 aliphatic heterocycles. The van der Waals surface area contributed by atoms with Gasteiger partial charge in [-0.3, -0.25) is 14.9 Å². The van der Waals surface area contributed by atoms with Crippen LogP contribution in [0.3, 0.4) is 0 Å². The molecule has 0 radical (unpaired) electrons. The van der Waals surface area contributed by atoms with Crippen LogP contribution < -0.4 is 10.6 Å². The van der Waals surface area contributed by atoms with Gasteiger partial charge in [-0.15, -0.1) is 0 Å². The first-order chi connectivity index (χ1) is 10.6. The van der Waals surface area contributed by atoms with Crippen molar-refractivity contribution in [2.75, 3.05) is 13.2 Å². The minimum atomic E-state index is -0.634. The predicted octanol–water partition coefficient (Wildman–Crippen LogP) is 1.50. The van der Waals surface area contributed by atoms with E-state index in [4.69, 9.17) is 4.74 Å². The van der Waals surface area contributed by atoms with E-state index in [1.807, 2.05) is 37.3 Å². The number of carbonyl (C=O) groups is 3. The van der Waals surface area contributed by atoms with Gasteiger partial charge >= 0.3 is 12.0 Å². The van der Waals surface area contributed by atoms with Crippen LogP contribution in [-0.2, 0) is 19.7 Å². The van der Waals surface area contributed by atoms with Crippen molar-refractivity contribution in [1.29, 1.82) is 0 Å². The summed E-state index contributed by atoms with van der Waals surface area (Å²) in [5.74, 6) is -1.05. The summed E-state index contributed by atoms with van der Waals surface area (Å²) in [6, 6.07) is 8.81. The van der Waals surface area contributed by atoms with Crippen molar-refractivity contribution in [3.8, 4) is 0 Å². The van der Waals surface area contributed by atoms with Crippen LogP contribution in [0.4, 0.5) is 4.79 Å². The molecule has 0 aromatic heterocycles. The van der Waals surface area contributed by atoms with E-state index in [0.29, 0.717) is 19.4 Å². The molecule has 0 unspecified atom stereocenters. The second-order valence-electron chi connectivity index (χ2n) is 5.33. The zero-order valence-electron chi connectivity index (χ0n) is 12.6. The molecule has 1 fully saturated rings. The predicted molar refractivity (Wildman–Crippen MR) is 80.1 cm³/mol. The standard InChI is InChI=1S/C16H20N2O4/c1-2-10-17-15(21)18-13(19)11-22-14(20)16(8-9-16)12-6-4-3-5-7-12/h3-7H,2,8-11H2,1H3,(H2,17,18,19,21). The molecule has 0 spiro atoms. The highest BCUT2D eigenvalue weighted by atomic mass is 16.5. The fourth-order valence-corrected chi connectivity index (χ4v) is 2.21. The van der Waals surface area contributed by atoms with E-state index >= 15 is 0 Å². The normalized spacial score (nSPS) is 14.8. The Morgan fingerprint density at radius 2 is 1.86 bits per heavy atom. The smallest absolute Gasteiger partial charge is 0.321 e. The van der Waals surface area contributed by atoms with Crippen LogP contribution in [0, 0.1) is 0 Å². The second kappa shape index (κ2) is 7.06. The van der Waals surface area contributed by atoms with Crippen LogP contribution in [-0.4, -0.2) is 31.1 Å². The number of benzene rings is 1. The number of hydrogen-bond donors (Lipinski definition) is 2. The molecule has 6 heteroatoms. The van der Waals surface area contributed by atoms with Gasteiger partial charge < -0.3 is 10.1 Å². The number of ether oxygens (including phenoxy) is 1. The minimum Gasteiger partial charge on any atom is -0.455 e. The number of carbonyl (C=O) groups excluding carboxylic acids is 3. The highest BCUT2D eigenvalue weighted by molar-refractivity contribution is 5.96. The lowest BCUT2D eigenvalue weighted by Gasteiger charge is -2.14. The molecule has 0 heterocycles. The highest BCUT2D eigenvalue weighted by Crippen LogP contribution is 2.49. The molecule has 2 N–H and O–H groups in total. The Hall–Kier alpha value is -2.37. The third kappa shape index (κ3) is 3.84. The molecule has 1 aromatic rings. The largest absolute Gasteiger partial charge is 0.455 e. The molecule has 1 aliphatic carbocycles. The maximum Gasteiger partial charge on any atom is 0.321 e. The maximum absolute atomic E-state index is 12.2. The summed E-state index contributed by atoms with van der Waals surface area (Å²) >= 11 is 0. The lowest BCUT2D eigenvalue weighted by molar-refractivity contribution is -0.150. The van der Waals surface area contributed by atoms with E-state index in [9.17, 15) is 14.4 Å². The summed E-state index contributed by atoms with van der Waals surface area (Å²) in [6.07, 6.45) is 2.21. The Bertz CT molecular complexity index is 553. The lowest BCUT2D eigenvalue weighted by Crippen LogP contribution is -2.42. The zero-order chi connectivity index (χ0) is 16.0. The molecule has 6 nitrogen and oxygen atoms in total. The van der Waals surface area contributed by atoms with Gasteiger partial charge in [0.1, 0.15) is 0 Å². The van der Waals surface area contributed by atoms with Crippen LogP contribution >= 0.6 is 0 Å². The van der Waals surface area contributed by atoms with Crippen molar-refractivity contribution in [3.05, 3.63) is 35.9 Å². The summed E-state index contributed by atoms with van der Waals surface area (Å²) in [7, 11) is 0. The molecule has 1 saturated carbocycles. The van der Waals surface area contributed by atoms with E-state index in [1.54, 1.807) is 0 Å². The Kier molecular flexibility index (Phi) is 5.14. The molecule has 0 atom stereocenters. The van der Waals surface area contributed by atoms with Gasteiger partial charge in [0.05, 0.1) is 5.41 Å². The molecular formula is C16H20N2O4. The van der Waals surface area contributed by atoms with Gasteiger partial charge in [-0.1, -0.05) is 37.3 Å². The summed E-state index contributed by atoms with van der Waals surface area (Å²) < 4.78 is 5.06. The van der Waals surface area contributed by atoms with Crippen LogP contribution in [0.25, 0.3) is 0 Å². The van der Waals surface area contributed by atoms with Crippen molar-refractivity contribution >= 4 is 17.9 Å². The average molecular weight is 304 g/mol. The number of hydrogen-bond acceptors (Lipinski definition) is 4. The van der Waals surface area contributed by atoms with Crippen molar-refractivity contribution in [2.24, 2.45) is 0 Å². The Morgan fingerprint density at radius 1 is 1.18 bits per heavy atom. The Labute approximate surface area is 129 Å². The summed E-state index contributed by atoms with van der Waals surface area (Å²) in [6.45, 7) is 1.94. The van der Waals surface area contributed by atoms with Crippen molar-refractivity contribution in [1.82, 2.24) is 10.6 Å². The van der Waals surface area contributed by atoms with Gasteiger partial charge in [-0.25, -0.2) is 4.79 Å². The van der Waals surface area contributed by atoms with Gasteiger partial charge in [-0.05, 0) is 24.8 Å². The quantitative estimate of drug-likeness (QED) is 0.780. The fraction of sp³-hybridized carbons (Fsp3) is 0.438. The van der Waals surface area contributed by atoms with Gasteiger partial charge in [0.2, 0.25) is 0 Å². The lowest BCUT2D eigenvalue weighted by atomic mass is 9.96. The number of esters is 1. The Morgan fingerprint density at radius 3 is 2.45 bits per heavy atom. The maximum atomic E-state index is 12.2. The van der Waals surface area contributed by atoms with E-state index in [0.717, 1.165) is 12.0 Å². The zero-order valence-corrected chi connectivity index (χ0v) is 12.6. The number of rotatable bonds is 6. The minimum absolute atomic E-state index is 0.414. The third-order valence-electron chi connectivity index (χ3n) is 3.59. The summed E-state index contributed by atoms with van der Waals surface area (Å²) in [5.41, 5.74) is 0.285. The van der Waals surface area contributed by atoms with Gasteiger partial charge in [-0.2, -0.15) is 0 Å². The fourth-order valence-electron chi connectivity index (χ4n) is 2.21. The van der Waals surface area contributed by atoms with E-state index in [-0.39, 0.29) is 0 Å². The monoisotopic (exact) mass is 304 g/mol. The van der Waals surface area contributed by atoms with E-state index < -0.39 is 29.9 Å². The molecule has 118 valence electrons. The highest BCUT2D eigenvalue weighted by Gasteiger charge is 2.52. The van der Waals surface area contributed by atoms with E-state index in [1.165, 1.54) is 0 Å². The molecule has 3 amide bonds. The number of amides is 3. The van der Waals surface area contributed by atoms with Crippen LogP contribution in [0.15, 0.2) is 30.3 Å². The van der Waals surface area contributed by atoms with Gasteiger partial charge in [0.25, 0.3) is 5.91 Å². The SMILES string of the molecule is CCCNC(=O)NC(=O)COC(=O)C1(c2ccccc2)CC1. The first-order valence-electron chi connectivity index (χ1n) is 7.39. The number of urea groups is 1. The van der Waals surface area contributed by atoms with Crippen molar-refractivity contribution < 1.29 is 19.1 Å². The van der Waals surface area contributed by atoms with E-state index in [2.05, 4.69) is 10.6 Å². The summed E-state index contributed by atoms with van der Waals surface area (Å²) in [5, 5.41) is 4.62. The summed E-state index contributed by atoms with van der Waals surface area (Å²) in [4.78, 5) is 35.0. The first kappa shape index (κ1) is 16.0. The van der Waals surface area contributed by atoms with Gasteiger partial charge in [0.15, 0.2) is 6.61 Å². The molecule has 2 rings (SSSR count). The first-order valence-corrected chi connectivity index (χ1v) is 7.39. The van der Waals surface area contributed by atoms with Gasteiger partial charge in [0, 0.05) is 6.54 Å². The molecule has 22 heavy (non-hydrogen) atoms.